The van der Waals surface area contributed by atoms with Gasteiger partial charge in [-0.2, -0.15) is 4.74 Å². The van der Waals surface area contributed by atoms with Gasteiger partial charge in [-0.3, -0.25) is 4.79 Å². The third-order valence-corrected chi connectivity index (χ3v) is 1.15. The van der Waals surface area contributed by atoms with E-state index in [9.17, 15) is 4.79 Å². The van der Waals surface area contributed by atoms with Gasteiger partial charge in [0.05, 0.1) is 0 Å². The zero-order valence-electron chi connectivity index (χ0n) is 4.93. The van der Waals surface area contributed by atoms with Gasteiger partial charge in [0, 0.05) is 6.07 Å². The third kappa shape index (κ3) is 1.16. The number of nitrogens with zero attached hydrogens (tertiary/aromatic N) is 1. The summed E-state index contributed by atoms with van der Waals surface area (Å²) >= 11 is 5.31. The van der Waals surface area contributed by atoms with Gasteiger partial charge in [-0.15, -0.1) is 0 Å². The zero-order valence-corrected chi connectivity index (χ0v) is 5.68. The van der Waals surface area contributed by atoms with E-state index in [1.807, 2.05) is 0 Å². The van der Waals surface area contributed by atoms with Crippen LogP contribution in [0.15, 0.2) is 15.4 Å². The van der Waals surface area contributed by atoms with E-state index in [-0.39, 0.29) is 11.6 Å². The molecule has 0 aliphatic rings. The lowest BCUT2D eigenvalue weighted by atomic mass is 10.5. The molecule has 1 aromatic heterocycles. The Kier molecular flexibility index (Phi) is 1.62. The predicted octanol–water partition coefficient (Wildman–Crippen LogP) is 0.946. The summed E-state index contributed by atoms with van der Waals surface area (Å²) in [6.45, 7) is 1.70. The van der Waals surface area contributed by atoms with Gasteiger partial charge in [0.25, 0.3) is 5.56 Å². The molecule has 3 nitrogen and oxygen atoms in total. The smallest absolute Gasteiger partial charge is 0.283 e. The molecule has 0 atom stereocenters. The molecule has 50 valence electrons. The van der Waals surface area contributed by atoms with Crippen molar-refractivity contribution in [2.75, 3.05) is 0 Å². The first-order valence-electron chi connectivity index (χ1n) is 2.48. The lowest BCUT2D eigenvalue weighted by Gasteiger charge is -1.86. The Hall–Kier alpha value is -0.700. The topological polar surface area (TPSA) is 35.1 Å². The van der Waals surface area contributed by atoms with Crippen molar-refractivity contribution in [3.63, 3.8) is 0 Å². The van der Waals surface area contributed by atoms with Crippen LogP contribution in [0.3, 0.4) is 0 Å². The molecule has 0 aromatic carbocycles. The molecule has 0 unspecified atom stereocenters. The Morgan fingerprint density at radius 3 is 2.78 bits per heavy atom. The first-order valence-corrected chi connectivity index (χ1v) is 3.01. The lowest BCUT2D eigenvalue weighted by molar-refractivity contribution is 0.277. The number of rotatable bonds is 1. The van der Waals surface area contributed by atoms with Crippen molar-refractivity contribution in [1.29, 1.82) is 0 Å². The SMILES string of the molecule is Cc1cc(=O)n(CCl)o1. The molecule has 0 saturated carbocycles. The average molecular weight is 148 g/mol. The molecule has 0 saturated heterocycles. The van der Waals surface area contributed by atoms with Gasteiger partial charge in [-0.25, -0.2) is 0 Å². The number of aromatic nitrogens is 1. The highest BCUT2D eigenvalue weighted by atomic mass is 35.5. The van der Waals surface area contributed by atoms with Crippen LogP contribution in [0, 0.1) is 6.92 Å². The number of hydrogen-bond acceptors (Lipinski definition) is 2. The molecule has 0 N–H and O–H groups in total. The van der Waals surface area contributed by atoms with E-state index in [4.69, 9.17) is 16.1 Å². The second-order valence-electron chi connectivity index (χ2n) is 1.68. The molecule has 0 amide bonds. The van der Waals surface area contributed by atoms with E-state index < -0.39 is 0 Å². The molecule has 9 heavy (non-hydrogen) atoms. The summed E-state index contributed by atoms with van der Waals surface area (Å²) in [5.41, 5.74) is -0.192. The first kappa shape index (κ1) is 6.42. The second kappa shape index (κ2) is 2.27. The molecular weight excluding hydrogens is 142 g/mol. The van der Waals surface area contributed by atoms with Gasteiger partial charge in [-0.1, -0.05) is 11.6 Å². The minimum absolute atomic E-state index is 0.0761. The standard InChI is InChI=1S/C5H6ClNO2/c1-4-2-5(8)7(3-6)9-4/h2H,3H2,1H3. The second-order valence-corrected chi connectivity index (χ2v) is 1.92. The van der Waals surface area contributed by atoms with Crippen molar-refractivity contribution in [3.8, 4) is 0 Å². The number of aryl methyl sites for hydroxylation is 1. The van der Waals surface area contributed by atoms with Crippen LogP contribution in [0.1, 0.15) is 5.76 Å². The van der Waals surface area contributed by atoms with Crippen LogP contribution in [0.5, 0.6) is 0 Å². The van der Waals surface area contributed by atoms with E-state index in [2.05, 4.69) is 0 Å². The fourth-order valence-electron chi connectivity index (χ4n) is 0.574. The minimum atomic E-state index is -0.192. The Morgan fingerprint density at radius 1 is 1.89 bits per heavy atom. The Morgan fingerprint density at radius 2 is 2.56 bits per heavy atom. The summed E-state index contributed by atoms with van der Waals surface area (Å²) in [4.78, 5) is 10.7. The highest BCUT2D eigenvalue weighted by molar-refractivity contribution is 6.15. The fraction of sp³-hybridized carbons (Fsp3) is 0.400. The van der Waals surface area contributed by atoms with E-state index in [1.165, 1.54) is 6.07 Å². The minimum Gasteiger partial charge on any atom is -0.380 e. The van der Waals surface area contributed by atoms with Gasteiger partial charge in [-0.05, 0) is 6.92 Å². The highest BCUT2D eigenvalue weighted by Gasteiger charge is 1.97. The quantitative estimate of drug-likeness (QED) is 0.555. The van der Waals surface area contributed by atoms with Crippen LogP contribution in [-0.4, -0.2) is 4.74 Å². The maximum atomic E-state index is 10.7. The molecule has 0 radical (unpaired) electrons. The van der Waals surface area contributed by atoms with Gasteiger partial charge in [0.1, 0.15) is 11.8 Å². The summed E-state index contributed by atoms with van der Waals surface area (Å²) in [6.07, 6.45) is 0. The molecule has 1 heterocycles. The predicted molar refractivity (Wildman–Crippen MR) is 33.6 cm³/mol. The molecular formula is C5H6ClNO2. The largest absolute Gasteiger partial charge is 0.380 e. The van der Waals surface area contributed by atoms with E-state index in [1.54, 1.807) is 6.92 Å². The lowest BCUT2D eigenvalue weighted by Crippen LogP contribution is -2.09. The van der Waals surface area contributed by atoms with Crippen molar-refractivity contribution < 1.29 is 4.52 Å². The van der Waals surface area contributed by atoms with Crippen LogP contribution in [0.2, 0.25) is 0 Å². The number of alkyl halides is 1. The number of halogens is 1. The maximum absolute atomic E-state index is 10.7. The van der Waals surface area contributed by atoms with Crippen molar-refractivity contribution in [2.24, 2.45) is 0 Å². The Labute approximate surface area is 56.8 Å². The van der Waals surface area contributed by atoms with E-state index in [0.717, 1.165) is 4.74 Å². The molecule has 0 spiro atoms. The van der Waals surface area contributed by atoms with Crippen molar-refractivity contribution in [2.45, 2.75) is 12.9 Å². The van der Waals surface area contributed by atoms with Gasteiger partial charge in [0.2, 0.25) is 0 Å². The first-order chi connectivity index (χ1) is 4.24. The molecule has 1 rings (SSSR count). The summed E-state index contributed by atoms with van der Waals surface area (Å²) in [5, 5.41) is 0. The van der Waals surface area contributed by atoms with Crippen molar-refractivity contribution in [1.82, 2.24) is 4.74 Å². The van der Waals surface area contributed by atoms with E-state index >= 15 is 0 Å². The van der Waals surface area contributed by atoms with Gasteiger partial charge in [0.15, 0.2) is 0 Å². The monoisotopic (exact) mass is 147 g/mol. The van der Waals surface area contributed by atoms with Gasteiger partial charge < -0.3 is 4.52 Å². The van der Waals surface area contributed by atoms with E-state index in [0.29, 0.717) is 5.76 Å². The summed E-state index contributed by atoms with van der Waals surface area (Å²) in [6, 6.07) is 1.47. The van der Waals surface area contributed by atoms with Crippen LogP contribution < -0.4 is 5.56 Å². The summed E-state index contributed by atoms with van der Waals surface area (Å²) in [7, 11) is 0. The molecule has 4 heteroatoms. The number of hydrogen-bond donors (Lipinski definition) is 0. The maximum Gasteiger partial charge on any atom is 0.283 e. The van der Waals surface area contributed by atoms with Crippen LogP contribution >= 0.6 is 11.6 Å². The molecule has 1 aromatic rings. The third-order valence-electron chi connectivity index (χ3n) is 0.935. The Bertz CT molecular complexity index is 250. The van der Waals surface area contributed by atoms with Crippen LogP contribution in [-0.2, 0) is 6.00 Å². The summed E-state index contributed by atoms with van der Waals surface area (Å²) < 4.78 is 5.92. The summed E-state index contributed by atoms with van der Waals surface area (Å²) in [5.74, 6) is 0.584. The normalized spacial score (nSPS) is 10.0. The molecule has 0 aliphatic carbocycles. The molecule has 0 bridgehead atoms. The Balaban J connectivity index is 3.16. The van der Waals surface area contributed by atoms with Crippen LogP contribution in [0.4, 0.5) is 0 Å². The molecule has 0 fully saturated rings. The molecule has 0 aliphatic heterocycles. The van der Waals surface area contributed by atoms with Crippen molar-refractivity contribution in [3.05, 3.63) is 22.2 Å². The highest BCUT2D eigenvalue weighted by Crippen LogP contribution is 1.92. The average Bonchev–Trinajstić information content (AvgIpc) is 2.10. The van der Waals surface area contributed by atoms with Crippen molar-refractivity contribution >= 4 is 11.6 Å². The zero-order chi connectivity index (χ0) is 6.85. The fourth-order valence-corrected chi connectivity index (χ4v) is 0.741. The van der Waals surface area contributed by atoms with Gasteiger partial charge >= 0.3 is 0 Å². The van der Waals surface area contributed by atoms with Crippen LogP contribution in [0.25, 0.3) is 0 Å².